The van der Waals surface area contributed by atoms with Crippen LogP contribution in [-0.4, -0.2) is 52.5 Å². The molecule has 0 radical (unpaired) electrons. The van der Waals surface area contributed by atoms with Gasteiger partial charge in [0, 0.05) is 61.0 Å². The fourth-order valence-corrected chi connectivity index (χ4v) is 4.53. The van der Waals surface area contributed by atoms with Gasteiger partial charge in [-0.15, -0.1) is 0 Å². The molecule has 0 aliphatic carbocycles. The molecule has 0 saturated carbocycles. The third-order valence-electron chi connectivity index (χ3n) is 6.28. The number of carbonyl (C=O) groups is 2. The average Bonchev–Trinajstić information content (AvgIpc) is 2.94. The number of rotatable bonds is 14. The molecule has 9 heteroatoms. The second-order valence-corrected chi connectivity index (χ2v) is 9.54. The van der Waals surface area contributed by atoms with Gasteiger partial charge in [-0.05, 0) is 47.5 Å². The monoisotopic (exact) mass is 560 g/mol. The minimum Gasteiger partial charge on any atom is -0.456 e. The standard InChI is InChI=1S/C32H36N2O7/c1-21(35)33-29-9-5-7-25-27(29)15-23(19-39-13-11-37-3)17-31(25)41-32-18-24(20-40-14-12-38-4)16-28-26(32)8-6-10-30(28)34-22(2)36/h5-10,15-18H,11-14,19-20H2,1-4H3,(H,33,35)(H,34,36). The highest BCUT2D eigenvalue weighted by Gasteiger charge is 2.15. The Morgan fingerprint density at radius 3 is 1.44 bits per heavy atom. The summed E-state index contributed by atoms with van der Waals surface area (Å²) < 4.78 is 28.5. The molecule has 0 atom stereocenters. The first-order valence-electron chi connectivity index (χ1n) is 13.4. The van der Waals surface area contributed by atoms with Crippen molar-refractivity contribution in [3.05, 3.63) is 71.8 Å². The van der Waals surface area contributed by atoms with Crippen molar-refractivity contribution >= 4 is 44.7 Å². The predicted octanol–water partition coefficient (Wildman–Crippen LogP) is 6.03. The van der Waals surface area contributed by atoms with Gasteiger partial charge < -0.3 is 34.3 Å². The van der Waals surface area contributed by atoms with Gasteiger partial charge in [0.05, 0.1) is 39.6 Å². The maximum absolute atomic E-state index is 12.0. The van der Waals surface area contributed by atoms with Crippen LogP contribution < -0.4 is 15.4 Å². The molecule has 41 heavy (non-hydrogen) atoms. The Morgan fingerprint density at radius 1 is 0.610 bits per heavy atom. The van der Waals surface area contributed by atoms with Gasteiger partial charge in [-0.3, -0.25) is 9.59 Å². The number of benzene rings is 4. The molecule has 9 nitrogen and oxygen atoms in total. The van der Waals surface area contributed by atoms with E-state index in [2.05, 4.69) is 10.6 Å². The molecule has 216 valence electrons. The molecular weight excluding hydrogens is 524 g/mol. The van der Waals surface area contributed by atoms with Gasteiger partial charge >= 0.3 is 0 Å². The number of nitrogens with one attached hydrogen (secondary N) is 2. The number of carbonyl (C=O) groups excluding carboxylic acids is 2. The first kappa shape index (κ1) is 30.0. The molecule has 4 aromatic rings. The molecule has 0 bridgehead atoms. The SMILES string of the molecule is COCCOCc1cc(Oc2cc(COCCOC)cc3c(NC(C)=O)cccc23)c2cccc(NC(C)=O)c2c1. The summed E-state index contributed by atoms with van der Waals surface area (Å²) in [5.41, 5.74) is 3.11. The summed E-state index contributed by atoms with van der Waals surface area (Å²) in [6, 6.07) is 19.2. The first-order chi connectivity index (χ1) is 19.9. The van der Waals surface area contributed by atoms with E-state index in [1.165, 1.54) is 13.8 Å². The Kier molecular flexibility index (Phi) is 10.6. The lowest BCUT2D eigenvalue weighted by Crippen LogP contribution is -2.07. The molecule has 0 spiro atoms. The summed E-state index contributed by atoms with van der Waals surface area (Å²) in [6.07, 6.45) is 0. The van der Waals surface area contributed by atoms with Gasteiger partial charge in [0.25, 0.3) is 0 Å². The summed E-state index contributed by atoms with van der Waals surface area (Å²) in [4.78, 5) is 23.9. The lowest BCUT2D eigenvalue weighted by molar-refractivity contribution is -0.115. The lowest BCUT2D eigenvalue weighted by atomic mass is 10.0. The minimum absolute atomic E-state index is 0.167. The van der Waals surface area contributed by atoms with E-state index in [0.29, 0.717) is 62.5 Å². The van der Waals surface area contributed by atoms with Crippen LogP contribution >= 0.6 is 0 Å². The highest BCUT2D eigenvalue weighted by atomic mass is 16.5. The zero-order chi connectivity index (χ0) is 29.2. The van der Waals surface area contributed by atoms with Crippen LogP contribution in [0.2, 0.25) is 0 Å². The van der Waals surface area contributed by atoms with E-state index in [1.807, 2.05) is 60.7 Å². The molecule has 2 N–H and O–H groups in total. The highest BCUT2D eigenvalue weighted by molar-refractivity contribution is 6.05. The summed E-state index contributed by atoms with van der Waals surface area (Å²) >= 11 is 0. The normalized spacial score (nSPS) is 11.1. The topological polar surface area (TPSA) is 104 Å². The molecular formula is C32H36N2O7. The molecule has 0 aliphatic heterocycles. The van der Waals surface area contributed by atoms with Crippen molar-refractivity contribution in [1.29, 1.82) is 0 Å². The van der Waals surface area contributed by atoms with Crippen molar-refractivity contribution in [1.82, 2.24) is 0 Å². The van der Waals surface area contributed by atoms with Gasteiger partial charge in [-0.1, -0.05) is 24.3 Å². The zero-order valence-corrected chi connectivity index (χ0v) is 23.9. The fraction of sp³-hybridized carbons (Fsp3) is 0.312. The fourth-order valence-electron chi connectivity index (χ4n) is 4.53. The van der Waals surface area contributed by atoms with E-state index in [1.54, 1.807) is 14.2 Å². The Bertz CT molecular complexity index is 1410. The number of hydrogen-bond donors (Lipinski definition) is 2. The van der Waals surface area contributed by atoms with Gasteiger partial charge in [0.1, 0.15) is 11.5 Å². The number of anilines is 2. The van der Waals surface area contributed by atoms with Crippen LogP contribution in [0.4, 0.5) is 11.4 Å². The van der Waals surface area contributed by atoms with Crippen LogP contribution in [0, 0.1) is 0 Å². The Labute approximate surface area is 239 Å². The molecule has 0 saturated heterocycles. The Balaban J connectivity index is 1.82. The van der Waals surface area contributed by atoms with Gasteiger partial charge in [0.2, 0.25) is 11.8 Å². The zero-order valence-electron chi connectivity index (χ0n) is 23.9. The minimum atomic E-state index is -0.167. The van der Waals surface area contributed by atoms with Crippen molar-refractivity contribution < 1.29 is 33.3 Å². The molecule has 4 aromatic carbocycles. The van der Waals surface area contributed by atoms with Gasteiger partial charge in [0.15, 0.2) is 0 Å². The maximum atomic E-state index is 12.0. The van der Waals surface area contributed by atoms with Crippen molar-refractivity contribution in [2.24, 2.45) is 0 Å². The number of methoxy groups -OCH3 is 2. The van der Waals surface area contributed by atoms with Gasteiger partial charge in [-0.2, -0.15) is 0 Å². The molecule has 0 heterocycles. The summed E-state index contributed by atoms with van der Waals surface area (Å²) in [5, 5.41) is 9.14. The largest absolute Gasteiger partial charge is 0.456 e. The Morgan fingerprint density at radius 2 is 1.05 bits per heavy atom. The third kappa shape index (κ3) is 8.02. The average molecular weight is 561 g/mol. The molecule has 0 unspecified atom stereocenters. The lowest BCUT2D eigenvalue weighted by Gasteiger charge is -2.18. The van der Waals surface area contributed by atoms with E-state index in [0.717, 1.165) is 32.7 Å². The molecule has 2 amide bonds. The molecule has 4 rings (SSSR count). The molecule has 0 aromatic heterocycles. The quantitative estimate of drug-likeness (QED) is 0.182. The van der Waals surface area contributed by atoms with E-state index in [-0.39, 0.29) is 11.8 Å². The number of hydrogen-bond acceptors (Lipinski definition) is 7. The van der Waals surface area contributed by atoms with Crippen LogP contribution in [0.25, 0.3) is 21.5 Å². The number of ether oxygens (including phenoxy) is 5. The summed E-state index contributed by atoms with van der Waals surface area (Å²) in [6.45, 7) is 5.49. The molecule has 0 fully saturated rings. The highest BCUT2D eigenvalue weighted by Crippen LogP contribution is 2.40. The van der Waals surface area contributed by atoms with Gasteiger partial charge in [-0.25, -0.2) is 0 Å². The van der Waals surface area contributed by atoms with Crippen molar-refractivity contribution in [2.45, 2.75) is 27.1 Å². The van der Waals surface area contributed by atoms with E-state index >= 15 is 0 Å². The van der Waals surface area contributed by atoms with E-state index in [4.69, 9.17) is 23.7 Å². The van der Waals surface area contributed by atoms with Crippen LogP contribution in [0.5, 0.6) is 11.5 Å². The van der Waals surface area contributed by atoms with Crippen LogP contribution in [0.15, 0.2) is 60.7 Å². The first-order valence-corrected chi connectivity index (χ1v) is 13.4. The summed E-state index contributed by atoms with van der Waals surface area (Å²) in [5.74, 6) is 0.867. The van der Waals surface area contributed by atoms with E-state index < -0.39 is 0 Å². The van der Waals surface area contributed by atoms with Crippen LogP contribution in [0.1, 0.15) is 25.0 Å². The van der Waals surface area contributed by atoms with E-state index in [9.17, 15) is 9.59 Å². The molecule has 0 aliphatic rings. The number of fused-ring (bicyclic) bond motifs is 2. The van der Waals surface area contributed by atoms with Crippen LogP contribution in [-0.2, 0) is 41.8 Å². The second-order valence-electron chi connectivity index (χ2n) is 9.54. The van der Waals surface area contributed by atoms with Crippen LogP contribution in [0.3, 0.4) is 0 Å². The van der Waals surface area contributed by atoms with Crippen molar-refractivity contribution in [3.63, 3.8) is 0 Å². The summed E-state index contributed by atoms with van der Waals surface area (Å²) in [7, 11) is 3.26. The maximum Gasteiger partial charge on any atom is 0.221 e. The third-order valence-corrected chi connectivity index (χ3v) is 6.28. The van der Waals surface area contributed by atoms with Crippen molar-refractivity contribution in [3.8, 4) is 11.5 Å². The smallest absolute Gasteiger partial charge is 0.221 e. The Hall–Kier alpha value is -4.02. The number of amides is 2. The second kappa shape index (κ2) is 14.6. The van der Waals surface area contributed by atoms with Crippen molar-refractivity contribution in [2.75, 3.05) is 51.3 Å². The predicted molar refractivity (Wildman–Crippen MR) is 160 cm³/mol.